The Labute approximate surface area is 126 Å². The van der Waals surface area contributed by atoms with Crippen molar-refractivity contribution in [3.63, 3.8) is 0 Å². The number of aryl methyl sites for hydroxylation is 1. The fourth-order valence-corrected chi connectivity index (χ4v) is 2.54. The molecule has 0 bridgehead atoms. The molecular formula is C14H15BrClN3. The lowest BCUT2D eigenvalue weighted by molar-refractivity contribution is 0.309. The smallest absolute Gasteiger partial charge is 0.144 e. The summed E-state index contributed by atoms with van der Waals surface area (Å²) in [7, 11) is 2.04. The van der Waals surface area contributed by atoms with E-state index in [0.29, 0.717) is 11.7 Å². The van der Waals surface area contributed by atoms with Crippen molar-refractivity contribution in [2.24, 2.45) is 0 Å². The Balaban J connectivity index is 2.05. The van der Waals surface area contributed by atoms with Crippen molar-refractivity contribution < 1.29 is 0 Å². The van der Waals surface area contributed by atoms with Crippen LogP contribution in [0.2, 0.25) is 5.15 Å². The van der Waals surface area contributed by atoms with E-state index < -0.39 is 0 Å². The van der Waals surface area contributed by atoms with E-state index in [1.807, 2.05) is 32.2 Å². The van der Waals surface area contributed by atoms with Gasteiger partial charge < -0.3 is 0 Å². The van der Waals surface area contributed by atoms with E-state index in [2.05, 4.69) is 36.9 Å². The van der Waals surface area contributed by atoms with Crippen LogP contribution in [0.5, 0.6) is 0 Å². The molecule has 2 rings (SSSR count). The lowest BCUT2D eigenvalue weighted by atomic mass is 10.2. The van der Waals surface area contributed by atoms with Crippen LogP contribution in [0.4, 0.5) is 0 Å². The van der Waals surface area contributed by atoms with Crippen molar-refractivity contribution in [1.29, 1.82) is 0 Å². The molecule has 3 nitrogen and oxygen atoms in total. The number of halogens is 2. The number of rotatable bonds is 4. The number of aromatic nitrogens is 2. The van der Waals surface area contributed by atoms with E-state index in [-0.39, 0.29) is 0 Å². The van der Waals surface area contributed by atoms with Crippen LogP contribution in [0.1, 0.15) is 17.1 Å². The standard InChI is InChI=1S/C14H15BrClN3/c1-10-7-13(16)18-14(17-10)9-19(2)8-11-5-3-4-6-12(11)15/h3-7H,8-9H2,1-2H3. The largest absolute Gasteiger partial charge is 0.295 e. The lowest BCUT2D eigenvalue weighted by Crippen LogP contribution is -2.19. The second kappa shape index (κ2) is 6.46. The van der Waals surface area contributed by atoms with E-state index in [9.17, 15) is 0 Å². The Morgan fingerprint density at radius 2 is 1.95 bits per heavy atom. The van der Waals surface area contributed by atoms with E-state index in [1.165, 1.54) is 5.56 Å². The molecule has 0 saturated heterocycles. The van der Waals surface area contributed by atoms with E-state index in [0.717, 1.165) is 22.5 Å². The zero-order chi connectivity index (χ0) is 13.8. The summed E-state index contributed by atoms with van der Waals surface area (Å²) in [5.74, 6) is 0.750. The Hall–Kier alpha value is -0.970. The van der Waals surface area contributed by atoms with Crippen LogP contribution in [-0.2, 0) is 13.1 Å². The Morgan fingerprint density at radius 3 is 2.63 bits per heavy atom. The molecule has 100 valence electrons. The molecular weight excluding hydrogens is 326 g/mol. The van der Waals surface area contributed by atoms with Crippen LogP contribution in [0.3, 0.4) is 0 Å². The maximum absolute atomic E-state index is 5.94. The SMILES string of the molecule is Cc1cc(Cl)nc(CN(C)Cc2ccccc2Br)n1. The molecule has 1 aromatic carbocycles. The van der Waals surface area contributed by atoms with Crippen LogP contribution in [-0.4, -0.2) is 21.9 Å². The fourth-order valence-electron chi connectivity index (χ4n) is 1.87. The van der Waals surface area contributed by atoms with Gasteiger partial charge in [0.25, 0.3) is 0 Å². The number of hydrogen-bond donors (Lipinski definition) is 0. The molecule has 0 atom stereocenters. The summed E-state index contributed by atoms with van der Waals surface area (Å²) in [4.78, 5) is 10.8. The molecule has 0 saturated carbocycles. The second-order valence-corrected chi connectivity index (χ2v) is 5.75. The molecule has 0 radical (unpaired) electrons. The predicted molar refractivity (Wildman–Crippen MR) is 81.1 cm³/mol. The van der Waals surface area contributed by atoms with Crippen LogP contribution in [0.25, 0.3) is 0 Å². The van der Waals surface area contributed by atoms with Gasteiger partial charge in [0, 0.05) is 16.7 Å². The first-order valence-electron chi connectivity index (χ1n) is 5.96. The highest BCUT2D eigenvalue weighted by atomic mass is 79.9. The lowest BCUT2D eigenvalue weighted by Gasteiger charge is -2.17. The van der Waals surface area contributed by atoms with Gasteiger partial charge in [-0.05, 0) is 31.7 Å². The monoisotopic (exact) mass is 339 g/mol. The Bertz CT molecular complexity index is 554. The maximum Gasteiger partial charge on any atom is 0.144 e. The molecule has 0 unspecified atom stereocenters. The van der Waals surface area contributed by atoms with Crippen molar-refractivity contribution in [3.05, 3.63) is 57.0 Å². The first-order chi connectivity index (χ1) is 9.04. The molecule has 0 N–H and O–H groups in total. The molecule has 5 heteroatoms. The summed E-state index contributed by atoms with van der Waals surface area (Å²) in [5, 5.41) is 0.497. The molecule has 0 spiro atoms. The molecule has 0 aliphatic rings. The van der Waals surface area contributed by atoms with Crippen molar-refractivity contribution in [3.8, 4) is 0 Å². The number of hydrogen-bond acceptors (Lipinski definition) is 3. The van der Waals surface area contributed by atoms with E-state index in [1.54, 1.807) is 6.07 Å². The minimum Gasteiger partial charge on any atom is -0.295 e. The van der Waals surface area contributed by atoms with Crippen LogP contribution in [0, 0.1) is 6.92 Å². The highest BCUT2D eigenvalue weighted by Crippen LogP contribution is 2.18. The van der Waals surface area contributed by atoms with Crippen LogP contribution in [0.15, 0.2) is 34.8 Å². The van der Waals surface area contributed by atoms with Gasteiger partial charge in [0.15, 0.2) is 0 Å². The molecule has 0 fully saturated rings. The van der Waals surface area contributed by atoms with Crippen molar-refractivity contribution in [1.82, 2.24) is 14.9 Å². The highest BCUT2D eigenvalue weighted by molar-refractivity contribution is 9.10. The third-order valence-corrected chi connectivity index (χ3v) is 3.65. The maximum atomic E-state index is 5.94. The normalized spacial score (nSPS) is 11.0. The first-order valence-corrected chi connectivity index (χ1v) is 7.13. The van der Waals surface area contributed by atoms with Gasteiger partial charge in [0.2, 0.25) is 0 Å². The van der Waals surface area contributed by atoms with Gasteiger partial charge in [-0.25, -0.2) is 9.97 Å². The topological polar surface area (TPSA) is 29.0 Å². The highest BCUT2D eigenvalue weighted by Gasteiger charge is 2.07. The van der Waals surface area contributed by atoms with Crippen molar-refractivity contribution >= 4 is 27.5 Å². The zero-order valence-electron chi connectivity index (χ0n) is 10.9. The average molecular weight is 341 g/mol. The van der Waals surface area contributed by atoms with Gasteiger partial charge in [0.1, 0.15) is 11.0 Å². The van der Waals surface area contributed by atoms with Gasteiger partial charge in [-0.2, -0.15) is 0 Å². The van der Waals surface area contributed by atoms with Gasteiger partial charge in [-0.15, -0.1) is 0 Å². The summed E-state index contributed by atoms with van der Waals surface area (Å²) in [6.07, 6.45) is 0. The number of nitrogens with zero attached hydrogens (tertiary/aromatic N) is 3. The van der Waals surface area contributed by atoms with Gasteiger partial charge in [-0.1, -0.05) is 45.7 Å². The Kier molecular flexibility index (Phi) is 4.91. The van der Waals surface area contributed by atoms with Crippen LogP contribution >= 0.6 is 27.5 Å². The first kappa shape index (κ1) is 14.4. The van der Waals surface area contributed by atoms with Gasteiger partial charge in [0.05, 0.1) is 6.54 Å². The molecule has 2 aromatic rings. The van der Waals surface area contributed by atoms with Gasteiger partial charge >= 0.3 is 0 Å². The predicted octanol–water partition coefficient (Wildman–Crippen LogP) is 3.83. The third-order valence-electron chi connectivity index (χ3n) is 2.68. The summed E-state index contributed by atoms with van der Waals surface area (Å²) >= 11 is 9.50. The van der Waals surface area contributed by atoms with Crippen LogP contribution < -0.4 is 0 Å². The molecule has 0 aliphatic carbocycles. The summed E-state index contributed by atoms with van der Waals surface area (Å²) in [5.41, 5.74) is 2.13. The average Bonchev–Trinajstić information content (AvgIpc) is 2.30. The summed E-state index contributed by atoms with van der Waals surface area (Å²) in [6, 6.07) is 9.96. The quantitative estimate of drug-likeness (QED) is 0.792. The molecule has 0 amide bonds. The van der Waals surface area contributed by atoms with E-state index >= 15 is 0 Å². The molecule has 0 aliphatic heterocycles. The molecule has 1 aromatic heterocycles. The number of benzene rings is 1. The zero-order valence-corrected chi connectivity index (χ0v) is 13.2. The van der Waals surface area contributed by atoms with Gasteiger partial charge in [-0.3, -0.25) is 4.90 Å². The minimum absolute atomic E-state index is 0.497. The Morgan fingerprint density at radius 1 is 1.21 bits per heavy atom. The van der Waals surface area contributed by atoms with Crippen molar-refractivity contribution in [2.45, 2.75) is 20.0 Å². The van der Waals surface area contributed by atoms with E-state index in [4.69, 9.17) is 11.6 Å². The minimum atomic E-state index is 0.497. The molecule has 1 heterocycles. The summed E-state index contributed by atoms with van der Waals surface area (Å²) in [6.45, 7) is 3.42. The summed E-state index contributed by atoms with van der Waals surface area (Å²) < 4.78 is 1.12. The fraction of sp³-hybridized carbons (Fsp3) is 0.286. The second-order valence-electron chi connectivity index (χ2n) is 4.51. The molecule has 19 heavy (non-hydrogen) atoms. The van der Waals surface area contributed by atoms with Crippen molar-refractivity contribution in [2.75, 3.05) is 7.05 Å². The third kappa shape index (κ3) is 4.27.